The van der Waals surface area contributed by atoms with Gasteiger partial charge in [-0.05, 0) is 43.7 Å². The first kappa shape index (κ1) is 9.52. The molecule has 0 aliphatic heterocycles. The van der Waals surface area contributed by atoms with Crippen molar-refractivity contribution in [1.82, 2.24) is 4.57 Å². The van der Waals surface area contributed by atoms with E-state index in [0.717, 1.165) is 18.4 Å². The van der Waals surface area contributed by atoms with Crippen LogP contribution < -0.4 is 5.56 Å². The average Bonchev–Trinajstić information content (AvgIpc) is 2.95. The molecule has 0 aromatic carbocycles. The second-order valence-electron chi connectivity index (χ2n) is 4.56. The zero-order chi connectivity index (χ0) is 10.4. The number of nitrogens with zero attached hydrogens (tertiary/aromatic N) is 1. The van der Waals surface area contributed by atoms with Crippen molar-refractivity contribution in [1.29, 1.82) is 0 Å². The molecule has 0 atom stereocenters. The summed E-state index contributed by atoms with van der Waals surface area (Å²) < 4.78 is 2.06. The minimum Gasteiger partial charge on any atom is -0.309 e. The lowest BCUT2D eigenvalue weighted by molar-refractivity contribution is 0.659. The molecule has 0 amide bonds. The highest BCUT2D eigenvalue weighted by molar-refractivity contribution is 7.79. The van der Waals surface area contributed by atoms with Crippen LogP contribution in [0.2, 0.25) is 0 Å². The van der Waals surface area contributed by atoms with Crippen LogP contribution in [0.15, 0.2) is 10.9 Å². The summed E-state index contributed by atoms with van der Waals surface area (Å²) in [5.74, 6) is 0.568. The molecule has 80 valence electrons. The Labute approximate surface area is 94.7 Å². The first-order valence-electron chi connectivity index (χ1n) is 5.68. The topological polar surface area (TPSA) is 22.0 Å². The smallest absolute Gasteiger partial charge is 0.255 e. The summed E-state index contributed by atoms with van der Waals surface area (Å²) in [6, 6.07) is 2.58. The van der Waals surface area contributed by atoms with Gasteiger partial charge in [0.25, 0.3) is 5.56 Å². The fourth-order valence-corrected chi connectivity index (χ4v) is 2.79. The van der Waals surface area contributed by atoms with Crippen molar-refractivity contribution in [2.45, 2.75) is 43.9 Å². The van der Waals surface area contributed by atoms with Crippen LogP contribution in [0.3, 0.4) is 0 Å². The van der Waals surface area contributed by atoms with Crippen LogP contribution in [0.1, 0.15) is 42.1 Å². The molecule has 0 saturated heterocycles. The summed E-state index contributed by atoms with van der Waals surface area (Å²) in [7, 11) is 0. The van der Waals surface area contributed by atoms with Gasteiger partial charge < -0.3 is 4.57 Å². The van der Waals surface area contributed by atoms with Crippen molar-refractivity contribution in [3.8, 4) is 0 Å². The van der Waals surface area contributed by atoms with Gasteiger partial charge in [0.05, 0.1) is 0 Å². The van der Waals surface area contributed by atoms with E-state index in [0.29, 0.717) is 11.8 Å². The van der Waals surface area contributed by atoms with Crippen LogP contribution in [0.25, 0.3) is 0 Å². The Bertz CT molecular complexity index is 459. The molecule has 15 heavy (non-hydrogen) atoms. The number of pyridine rings is 1. The van der Waals surface area contributed by atoms with Crippen molar-refractivity contribution >= 4 is 12.6 Å². The summed E-state index contributed by atoms with van der Waals surface area (Å²) in [5, 5.41) is 0. The molecule has 3 rings (SSSR count). The highest BCUT2D eigenvalue weighted by atomic mass is 32.1. The van der Waals surface area contributed by atoms with E-state index in [1.54, 1.807) is 0 Å². The molecule has 1 fully saturated rings. The maximum Gasteiger partial charge on any atom is 0.255 e. The van der Waals surface area contributed by atoms with E-state index in [1.165, 1.54) is 30.5 Å². The average molecular weight is 221 g/mol. The maximum atomic E-state index is 12.2. The van der Waals surface area contributed by atoms with Gasteiger partial charge in [0.2, 0.25) is 0 Å². The quantitative estimate of drug-likeness (QED) is 0.759. The van der Waals surface area contributed by atoms with Crippen LogP contribution in [-0.2, 0) is 18.6 Å². The molecule has 0 unspecified atom stereocenters. The Hall–Kier alpha value is -0.700. The predicted octanol–water partition coefficient (Wildman–Crippen LogP) is 2.10. The minimum atomic E-state index is 0.216. The first-order valence-corrected chi connectivity index (χ1v) is 6.31. The number of rotatable bonds is 2. The second kappa shape index (κ2) is 3.41. The van der Waals surface area contributed by atoms with E-state index in [1.807, 2.05) is 0 Å². The second-order valence-corrected chi connectivity index (χ2v) is 4.88. The van der Waals surface area contributed by atoms with E-state index in [-0.39, 0.29) is 5.56 Å². The molecule has 0 radical (unpaired) electrons. The number of hydrogen-bond acceptors (Lipinski definition) is 2. The molecule has 2 aliphatic rings. The first-order chi connectivity index (χ1) is 7.31. The molecule has 0 bridgehead atoms. The van der Waals surface area contributed by atoms with Gasteiger partial charge in [0.15, 0.2) is 0 Å². The van der Waals surface area contributed by atoms with Gasteiger partial charge in [-0.2, -0.15) is 12.6 Å². The van der Waals surface area contributed by atoms with Gasteiger partial charge in [-0.1, -0.05) is 0 Å². The summed E-state index contributed by atoms with van der Waals surface area (Å²) in [4.78, 5) is 12.2. The summed E-state index contributed by atoms with van der Waals surface area (Å²) >= 11 is 4.24. The molecule has 1 heterocycles. The van der Waals surface area contributed by atoms with Crippen molar-refractivity contribution < 1.29 is 0 Å². The van der Waals surface area contributed by atoms with E-state index in [2.05, 4.69) is 23.3 Å². The van der Waals surface area contributed by atoms with Gasteiger partial charge >= 0.3 is 0 Å². The van der Waals surface area contributed by atoms with Crippen molar-refractivity contribution in [3.05, 3.63) is 33.2 Å². The van der Waals surface area contributed by atoms with Crippen molar-refractivity contribution in [3.63, 3.8) is 0 Å². The van der Waals surface area contributed by atoms with E-state index in [9.17, 15) is 4.79 Å². The predicted molar refractivity (Wildman–Crippen MR) is 63.7 cm³/mol. The Kier molecular flexibility index (Phi) is 2.16. The Balaban J connectivity index is 2.24. The summed E-state index contributed by atoms with van der Waals surface area (Å²) in [5.41, 5.74) is 3.80. The molecule has 0 N–H and O–H groups in total. The largest absolute Gasteiger partial charge is 0.309 e. The number of thiol groups is 1. The number of hydrogen-bond donors (Lipinski definition) is 1. The molecule has 1 saturated carbocycles. The number of aromatic nitrogens is 1. The van der Waals surface area contributed by atoms with Gasteiger partial charge in [-0.3, -0.25) is 4.79 Å². The highest BCUT2D eigenvalue weighted by Gasteiger charge is 2.30. The minimum absolute atomic E-state index is 0.216. The van der Waals surface area contributed by atoms with Crippen LogP contribution >= 0.6 is 12.6 Å². The molecular formula is C12H15NOS. The standard InChI is InChI=1S/C12H15NOS/c14-12-9(7-15)6-8-2-1-3-11(8)13(12)10-4-5-10/h6,10,15H,1-5,7H2. The van der Waals surface area contributed by atoms with Gasteiger partial charge in [0.1, 0.15) is 0 Å². The maximum absolute atomic E-state index is 12.2. The van der Waals surface area contributed by atoms with E-state index in [4.69, 9.17) is 0 Å². The lowest BCUT2D eigenvalue weighted by atomic mass is 10.1. The monoisotopic (exact) mass is 221 g/mol. The van der Waals surface area contributed by atoms with Crippen LogP contribution in [0.5, 0.6) is 0 Å². The third kappa shape index (κ3) is 1.44. The van der Waals surface area contributed by atoms with Gasteiger partial charge in [-0.15, -0.1) is 0 Å². The molecule has 3 heteroatoms. The molecule has 0 spiro atoms. The molecule has 1 aromatic heterocycles. The van der Waals surface area contributed by atoms with Gasteiger partial charge in [0, 0.05) is 23.1 Å². The zero-order valence-electron chi connectivity index (χ0n) is 8.70. The zero-order valence-corrected chi connectivity index (χ0v) is 9.59. The Morgan fingerprint density at radius 1 is 1.40 bits per heavy atom. The SMILES string of the molecule is O=c1c(CS)cc2c(n1C1CC1)CCC2. The van der Waals surface area contributed by atoms with E-state index >= 15 is 0 Å². The third-order valence-electron chi connectivity index (χ3n) is 3.45. The van der Waals surface area contributed by atoms with Crippen molar-refractivity contribution in [2.24, 2.45) is 0 Å². The Morgan fingerprint density at radius 3 is 2.87 bits per heavy atom. The van der Waals surface area contributed by atoms with Crippen LogP contribution in [0.4, 0.5) is 0 Å². The summed E-state index contributed by atoms with van der Waals surface area (Å²) in [6.07, 6.45) is 5.80. The lowest BCUT2D eigenvalue weighted by Gasteiger charge is -2.12. The number of aryl methyl sites for hydroxylation is 1. The fraction of sp³-hybridized carbons (Fsp3) is 0.583. The Morgan fingerprint density at radius 2 is 2.20 bits per heavy atom. The van der Waals surface area contributed by atoms with E-state index < -0.39 is 0 Å². The molecule has 1 aromatic rings. The summed E-state index contributed by atoms with van der Waals surface area (Å²) in [6.45, 7) is 0. The van der Waals surface area contributed by atoms with Gasteiger partial charge in [-0.25, -0.2) is 0 Å². The third-order valence-corrected chi connectivity index (χ3v) is 3.79. The normalized spacial score (nSPS) is 19.3. The highest BCUT2D eigenvalue weighted by Crippen LogP contribution is 2.37. The number of fused-ring (bicyclic) bond motifs is 1. The molecular weight excluding hydrogens is 206 g/mol. The van der Waals surface area contributed by atoms with Crippen molar-refractivity contribution in [2.75, 3.05) is 0 Å². The molecule has 2 nitrogen and oxygen atoms in total. The molecule has 2 aliphatic carbocycles. The van der Waals surface area contributed by atoms with Crippen LogP contribution in [-0.4, -0.2) is 4.57 Å². The lowest BCUT2D eigenvalue weighted by Crippen LogP contribution is -2.25. The van der Waals surface area contributed by atoms with Crippen LogP contribution in [0, 0.1) is 0 Å². The fourth-order valence-electron chi connectivity index (χ4n) is 2.56.